The van der Waals surface area contributed by atoms with Gasteiger partial charge in [-0.25, -0.2) is 9.13 Å². The number of carbonyl (C=O) groups is 3. The SMILES string of the molecule is CC/C=C\C/C=C\C/C=C\C/C=C\C/C=C\CCCCCCCCCC(=O)OCC(O)COP(=O)(O)OCC(O)COP(=O)(O)OCC(COC(=O)CCCCCCCCC/C=C\C/C=C\C/C=C\C/C=C\CCCCC)OC(=O)CCCCCC/C=C\C/C=C\C/C=C\C/C=C\CC. The molecule has 0 bridgehead atoms. The molecule has 0 rings (SSSR count). The van der Waals surface area contributed by atoms with E-state index in [1.165, 1.54) is 25.7 Å². The van der Waals surface area contributed by atoms with Crippen LogP contribution in [0.2, 0.25) is 0 Å². The summed E-state index contributed by atoms with van der Waals surface area (Å²) in [4.78, 5) is 58.6. The van der Waals surface area contributed by atoms with Crippen LogP contribution in [0.1, 0.15) is 278 Å². The van der Waals surface area contributed by atoms with Crippen LogP contribution in [0.15, 0.2) is 158 Å². The third kappa shape index (κ3) is 74.2. The predicted octanol–water partition coefficient (Wildman–Crippen LogP) is 21.9. The Labute approximate surface area is 600 Å². The summed E-state index contributed by atoms with van der Waals surface area (Å²) in [5.41, 5.74) is 0. The normalized spacial score (nSPS) is 14.9. The van der Waals surface area contributed by atoms with Crippen LogP contribution < -0.4 is 0 Å². The van der Waals surface area contributed by atoms with Gasteiger partial charge in [0.15, 0.2) is 6.10 Å². The minimum Gasteiger partial charge on any atom is -0.463 e. The van der Waals surface area contributed by atoms with Crippen LogP contribution in [0.25, 0.3) is 0 Å². The Morgan fingerprint density at radius 1 is 0.293 bits per heavy atom. The van der Waals surface area contributed by atoms with Gasteiger partial charge in [0.1, 0.15) is 25.4 Å². The largest absolute Gasteiger partial charge is 0.472 e. The Morgan fingerprint density at radius 3 is 0.848 bits per heavy atom. The molecule has 0 spiro atoms. The number of esters is 3. The van der Waals surface area contributed by atoms with Crippen molar-refractivity contribution in [2.45, 2.75) is 296 Å². The van der Waals surface area contributed by atoms with E-state index in [1.807, 2.05) is 0 Å². The monoisotopic (exact) mass is 1420 g/mol. The third-order valence-corrected chi connectivity index (χ3v) is 17.1. The number of carbonyl (C=O) groups excluding carboxylic acids is 3. The topological polar surface area (TPSA) is 231 Å². The molecule has 0 radical (unpaired) electrons. The number of unbranched alkanes of at least 4 members (excludes halogenated alkanes) is 21. The van der Waals surface area contributed by atoms with Gasteiger partial charge in [-0.05, 0) is 148 Å². The molecule has 0 aliphatic heterocycles. The maximum atomic E-state index is 13.0. The zero-order valence-corrected chi connectivity index (χ0v) is 63.1. The molecule has 0 saturated carbocycles. The number of allylic oxidation sites excluding steroid dienone is 26. The van der Waals surface area contributed by atoms with Crippen molar-refractivity contribution in [1.29, 1.82) is 0 Å². The Kier molecular flexibility index (Phi) is 69.4. The van der Waals surface area contributed by atoms with Crippen LogP contribution in [0, 0.1) is 0 Å². The van der Waals surface area contributed by atoms with Crippen LogP contribution in [-0.4, -0.2) is 95.9 Å². The van der Waals surface area contributed by atoms with Gasteiger partial charge in [-0.1, -0.05) is 269 Å². The first kappa shape index (κ1) is 94.2. The molecular weight excluding hydrogens is 1290 g/mol. The van der Waals surface area contributed by atoms with Gasteiger partial charge < -0.3 is 34.2 Å². The summed E-state index contributed by atoms with van der Waals surface area (Å²) >= 11 is 0. The van der Waals surface area contributed by atoms with Crippen molar-refractivity contribution in [2.24, 2.45) is 0 Å². The van der Waals surface area contributed by atoms with Gasteiger partial charge in [0.05, 0.1) is 26.4 Å². The number of ether oxygens (including phenoxy) is 3. The fraction of sp³-hybridized carbons (Fsp3) is 0.642. The molecule has 0 aromatic carbocycles. The number of hydrogen-bond donors (Lipinski definition) is 4. The quantitative estimate of drug-likeness (QED) is 0.0146. The molecule has 18 heteroatoms. The molecule has 0 aliphatic rings. The van der Waals surface area contributed by atoms with E-state index in [-0.39, 0.29) is 19.3 Å². The summed E-state index contributed by atoms with van der Waals surface area (Å²) in [6.45, 7) is 2.35. The Hall–Kier alpha value is -4.83. The van der Waals surface area contributed by atoms with Gasteiger partial charge in [0, 0.05) is 19.3 Å². The second kappa shape index (κ2) is 72.9. The van der Waals surface area contributed by atoms with E-state index in [4.69, 9.17) is 32.3 Å². The molecule has 0 aliphatic carbocycles. The number of hydrogen-bond acceptors (Lipinski definition) is 14. The van der Waals surface area contributed by atoms with E-state index in [9.17, 15) is 43.5 Å². The van der Waals surface area contributed by atoms with Crippen LogP contribution in [0.3, 0.4) is 0 Å². The maximum absolute atomic E-state index is 13.0. The average molecular weight is 1430 g/mol. The number of aliphatic hydroxyl groups is 2. The number of rotatable bonds is 70. The molecule has 0 amide bonds. The summed E-state index contributed by atoms with van der Waals surface area (Å²) in [6, 6.07) is 0. The van der Waals surface area contributed by atoms with E-state index in [0.29, 0.717) is 19.3 Å². The molecular formula is C81H134O16P2. The van der Waals surface area contributed by atoms with Crippen molar-refractivity contribution in [1.82, 2.24) is 0 Å². The molecule has 5 atom stereocenters. The fourth-order valence-corrected chi connectivity index (χ4v) is 11.1. The summed E-state index contributed by atoms with van der Waals surface area (Å²) in [6.07, 6.45) is 89.9. The van der Waals surface area contributed by atoms with Crippen LogP contribution in [0.4, 0.5) is 0 Å². The van der Waals surface area contributed by atoms with E-state index in [0.717, 1.165) is 193 Å². The fourth-order valence-electron chi connectivity index (χ4n) is 9.51. The van der Waals surface area contributed by atoms with Gasteiger partial charge in [-0.2, -0.15) is 0 Å². The molecule has 16 nitrogen and oxygen atoms in total. The van der Waals surface area contributed by atoms with Crippen molar-refractivity contribution in [2.75, 3.05) is 39.6 Å². The van der Waals surface area contributed by atoms with Crippen molar-refractivity contribution in [3.05, 3.63) is 158 Å². The summed E-state index contributed by atoms with van der Waals surface area (Å²) in [7, 11) is -9.81. The highest BCUT2D eigenvalue weighted by Gasteiger charge is 2.29. The second-order valence-corrected chi connectivity index (χ2v) is 27.6. The zero-order chi connectivity index (χ0) is 72.3. The number of phosphoric ester groups is 2. The van der Waals surface area contributed by atoms with Crippen molar-refractivity contribution in [3.8, 4) is 0 Å². The summed E-state index contributed by atoms with van der Waals surface area (Å²) in [5.74, 6) is -1.63. The van der Waals surface area contributed by atoms with Crippen LogP contribution in [-0.2, 0) is 55.8 Å². The highest BCUT2D eigenvalue weighted by molar-refractivity contribution is 7.47. The van der Waals surface area contributed by atoms with E-state index >= 15 is 0 Å². The van der Waals surface area contributed by atoms with Gasteiger partial charge in [0.2, 0.25) is 0 Å². The Morgan fingerprint density at radius 2 is 0.535 bits per heavy atom. The van der Waals surface area contributed by atoms with E-state index < -0.39 is 91.5 Å². The predicted molar refractivity (Wildman–Crippen MR) is 408 cm³/mol. The third-order valence-electron chi connectivity index (χ3n) is 15.2. The van der Waals surface area contributed by atoms with Crippen molar-refractivity contribution < 1.29 is 75.8 Å². The van der Waals surface area contributed by atoms with Gasteiger partial charge in [0.25, 0.3) is 0 Å². The summed E-state index contributed by atoms with van der Waals surface area (Å²) < 4.78 is 61.1. The van der Waals surface area contributed by atoms with Gasteiger partial charge >= 0.3 is 33.6 Å². The van der Waals surface area contributed by atoms with Crippen molar-refractivity contribution in [3.63, 3.8) is 0 Å². The molecule has 99 heavy (non-hydrogen) atoms. The lowest BCUT2D eigenvalue weighted by atomic mass is 10.1. The van der Waals surface area contributed by atoms with Crippen molar-refractivity contribution >= 4 is 33.6 Å². The lowest BCUT2D eigenvalue weighted by Crippen LogP contribution is -2.30. The molecule has 5 unspecified atom stereocenters. The van der Waals surface area contributed by atoms with Gasteiger partial charge in [-0.3, -0.25) is 32.5 Å². The first-order valence-electron chi connectivity index (χ1n) is 37.8. The average Bonchev–Trinajstić information content (AvgIpc) is 2.19. The maximum Gasteiger partial charge on any atom is 0.472 e. The Balaban J connectivity index is 4.71. The molecule has 0 fully saturated rings. The Bertz CT molecular complexity index is 2430. The lowest BCUT2D eigenvalue weighted by molar-refractivity contribution is -0.161. The second-order valence-electron chi connectivity index (χ2n) is 24.7. The molecule has 4 N–H and O–H groups in total. The first-order valence-corrected chi connectivity index (χ1v) is 40.8. The standard InChI is InChI=1S/C81H134O16P2/c1-4-7-10-13-16-19-22-25-28-31-33-35-37-39-41-44-46-49-52-55-58-61-64-67-79(84)91-70-76(82)71-93-98(87,88)94-72-77(83)73-95-99(89,90)96-75-78(97-81(86)69-66-63-60-57-54-51-48-43-30-27-24-21-18-15-12-9-6-3)74-92-80(85)68-65-62-59-56-53-50-47-45-42-40-38-36-34-32-29-26-23-20-17-14-11-8-5-2/h7,9-10,12,16-21,25-30,33-36,39-42,48,51,76-78,82-83H,4-6,8,11,13-15,22-24,31-32,37-38,43-47,49-50,52-75H2,1-3H3,(H,87,88)(H,89,90)/b10-7-,12-9-,19-16-,20-17-,21-18-,28-25-,29-26-,30-27-,35-33-,36-34-,41-39-,42-40-,51-48-. The van der Waals surface area contributed by atoms with E-state index in [1.54, 1.807) is 0 Å². The highest BCUT2D eigenvalue weighted by Crippen LogP contribution is 2.45. The minimum absolute atomic E-state index is 0.0683. The minimum atomic E-state index is -4.95. The van der Waals surface area contributed by atoms with Gasteiger partial charge in [-0.15, -0.1) is 0 Å². The molecule has 0 heterocycles. The number of aliphatic hydroxyl groups excluding tert-OH is 2. The summed E-state index contributed by atoms with van der Waals surface area (Å²) in [5, 5.41) is 20.6. The van der Waals surface area contributed by atoms with Crippen LogP contribution in [0.5, 0.6) is 0 Å². The highest BCUT2D eigenvalue weighted by atomic mass is 31.2. The van der Waals surface area contributed by atoms with E-state index in [2.05, 4.69) is 179 Å². The molecule has 0 aromatic heterocycles. The number of phosphoric acid groups is 2. The molecule has 564 valence electrons. The zero-order valence-electron chi connectivity index (χ0n) is 61.4. The first-order chi connectivity index (χ1) is 48.2. The molecule has 0 aromatic rings. The lowest BCUT2D eigenvalue weighted by Gasteiger charge is -2.21. The van der Waals surface area contributed by atoms with Crippen LogP contribution >= 0.6 is 15.6 Å². The smallest absolute Gasteiger partial charge is 0.463 e. The molecule has 0 saturated heterocycles.